The van der Waals surface area contributed by atoms with E-state index in [1.165, 1.54) is 0 Å². The first-order valence-electron chi connectivity index (χ1n) is 9.72. The lowest BCUT2D eigenvalue weighted by Crippen LogP contribution is -2.35. The molecule has 0 aliphatic heterocycles. The third-order valence-electron chi connectivity index (χ3n) is 5.14. The average molecular weight is 415 g/mol. The summed E-state index contributed by atoms with van der Waals surface area (Å²) in [5.74, 6) is 0. The summed E-state index contributed by atoms with van der Waals surface area (Å²) in [7, 11) is -4.09. The molecule has 150 valence electrons. The minimum Gasteiger partial charge on any atom is -0.245 e. The van der Waals surface area contributed by atoms with Crippen LogP contribution in [0.4, 0.5) is 0 Å². The molecule has 0 N–H and O–H groups in total. The van der Waals surface area contributed by atoms with E-state index in [-0.39, 0.29) is 4.90 Å². The fourth-order valence-electron chi connectivity index (χ4n) is 3.71. The van der Waals surface area contributed by atoms with Crippen molar-refractivity contribution in [3.05, 3.63) is 138 Å². The van der Waals surface area contributed by atoms with E-state index in [1.807, 2.05) is 97.1 Å². The van der Waals surface area contributed by atoms with Gasteiger partial charge in [-0.2, -0.15) is 8.42 Å². The molecule has 0 saturated carbocycles. The average Bonchev–Trinajstić information content (AvgIpc) is 2.79. The van der Waals surface area contributed by atoms with Crippen LogP contribution in [0.25, 0.3) is 0 Å². The molecule has 0 bridgehead atoms. The van der Waals surface area contributed by atoms with Crippen LogP contribution in [0.1, 0.15) is 22.3 Å². The van der Waals surface area contributed by atoms with Crippen LogP contribution in [0.2, 0.25) is 0 Å². The number of benzene rings is 4. The summed E-state index contributed by atoms with van der Waals surface area (Å²) >= 11 is 0. The van der Waals surface area contributed by atoms with Gasteiger partial charge >= 0.3 is 0 Å². The van der Waals surface area contributed by atoms with Gasteiger partial charge in [0.1, 0.15) is 0 Å². The van der Waals surface area contributed by atoms with Crippen LogP contribution >= 0.6 is 0 Å². The Bertz CT molecular complexity index is 1120. The largest absolute Gasteiger partial charge is 0.298 e. The van der Waals surface area contributed by atoms with Crippen LogP contribution < -0.4 is 0 Å². The molecule has 0 aliphatic rings. The maximum Gasteiger partial charge on any atom is 0.298 e. The van der Waals surface area contributed by atoms with E-state index in [4.69, 9.17) is 4.18 Å². The van der Waals surface area contributed by atoms with E-state index in [2.05, 4.69) is 0 Å². The zero-order valence-electron chi connectivity index (χ0n) is 16.6. The molecule has 0 heterocycles. The van der Waals surface area contributed by atoms with Crippen LogP contribution in [0.5, 0.6) is 0 Å². The third kappa shape index (κ3) is 3.67. The molecule has 0 unspecified atom stereocenters. The Balaban J connectivity index is 2.02. The predicted molar refractivity (Wildman–Crippen MR) is 119 cm³/mol. The zero-order valence-corrected chi connectivity index (χ0v) is 17.4. The van der Waals surface area contributed by atoms with Crippen LogP contribution in [0.15, 0.2) is 120 Å². The van der Waals surface area contributed by atoms with Gasteiger partial charge in [0.05, 0.1) is 4.90 Å². The molecule has 4 aromatic rings. The molecule has 30 heavy (non-hydrogen) atoms. The Hall–Kier alpha value is -3.21. The molecule has 0 aliphatic carbocycles. The van der Waals surface area contributed by atoms with Crippen molar-refractivity contribution in [3.63, 3.8) is 0 Å². The van der Waals surface area contributed by atoms with E-state index >= 15 is 0 Å². The van der Waals surface area contributed by atoms with Gasteiger partial charge in [-0.3, -0.25) is 0 Å². The van der Waals surface area contributed by atoms with Crippen LogP contribution in [-0.4, -0.2) is 8.42 Å². The number of hydrogen-bond acceptors (Lipinski definition) is 3. The van der Waals surface area contributed by atoms with Gasteiger partial charge in [0.25, 0.3) is 10.1 Å². The molecule has 4 aromatic carbocycles. The molecule has 0 spiro atoms. The highest BCUT2D eigenvalue weighted by molar-refractivity contribution is 7.86. The van der Waals surface area contributed by atoms with Gasteiger partial charge in [0.15, 0.2) is 5.60 Å². The summed E-state index contributed by atoms with van der Waals surface area (Å²) < 4.78 is 33.4. The van der Waals surface area contributed by atoms with E-state index in [1.54, 1.807) is 25.1 Å². The van der Waals surface area contributed by atoms with E-state index in [0.29, 0.717) is 5.56 Å². The van der Waals surface area contributed by atoms with Crippen molar-refractivity contribution < 1.29 is 12.6 Å². The van der Waals surface area contributed by atoms with E-state index in [0.717, 1.165) is 16.7 Å². The highest BCUT2D eigenvalue weighted by atomic mass is 32.2. The maximum absolute atomic E-state index is 13.6. The van der Waals surface area contributed by atoms with Gasteiger partial charge in [-0.15, -0.1) is 0 Å². The highest BCUT2D eigenvalue weighted by Crippen LogP contribution is 2.43. The SMILES string of the molecule is Cc1ccccc1S(=O)(=O)OC(c1ccccc1)(c1ccccc1)c1ccccc1. The molecule has 0 fully saturated rings. The third-order valence-corrected chi connectivity index (χ3v) is 6.60. The van der Waals surface area contributed by atoms with Crippen molar-refractivity contribution in [3.8, 4) is 0 Å². The molecule has 3 nitrogen and oxygen atoms in total. The van der Waals surface area contributed by atoms with E-state index < -0.39 is 15.7 Å². The Morgan fingerprint density at radius 1 is 0.567 bits per heavy atom. The Labute approximate surface area is 177 Å². The van der Waals surface area contributed by atoms with Crippen LogP contribution in [0, 0.1) is 6.92 Å². The van der Waals surface area contributed by atoms with Crippen molar-refractivity contribution in [2.24, 2.45) is 0 Å². The van der Waals surface area contributed by atoms with Gasteiger partial charge in [-0.05, 0) is 35.2 Å². The molecule has 4 heteroatoms. The maximum atomic E-state index is 13.6. The van der Waals surface area contributed by atoms with Gasteiger partial charge in [-0.1, -0.05) is 109 Å². The molecule has 0 amide bonds. The lowest BCUT2D eigenvalue weighted by atomic mass is 9.80. The molecular formula is C26H22O3S. The second-order valence-corrected chi connectivity index (χ2v) is 8.60. The molecular weight excluding hydrogens is 392 g/mol. The van der Waals surface area contributed by atoms with Gasteiger partial charge in [0.2, 0.25) is 0 Å². The van der Waals surface area contributed by atoms with Crippen molar-refractivity contribution >= 4 is 10.1 Å². The smallest absolute Gasteiger partial charge is 0.245 e. The summed E-state index contributed by atoms with van der Waals surface area (Å²) in [6, 6.07) is 35.3. The first-order valence-corrected chi connectivity index (χ1v) is 11.1. The Kier molecular flexibility index (Phi) is 5.53. The summed E-state index contributed by atoms with van der Waals surface area (Å²) in [6.07, 6.45) is 0. The molecule has 0 radical (unpaired) electrons. The van der Waals surface area contributed by atoms with E-state index in [9.17, 15) is 8.42 Å². The van der Waals surface area contributed by atoms with Crippen LogP contribution in [-0.2, 0) is 19.9 Å². The first kappa shape index (κ1) is 20.1. The van der Waals surface area contributed by atoms with Crippen molar-refractivity contribution in [1.82, 2.24) is 0 Å². The highest BCUT2D eigenvalue weighted by Gasteiger charge is 2.42. The molecule has 0 aromatic heterocycles. The minimum absolute atomic E-state index is 0.164. The first-order chi connectivity index (χ1) is 14.5. The number of aryl methyl sites for hydroxylation is 1. The van der Waals surface area contributed by atoms with Crippen molar-refractivity contribution in [2.45, 2.75) is 17.4 Å². The second-order valence-electron chi connectivity index (χ2n) is 7.08. The zero-order chi connectivity index (χ0) is 21.0. The molecule has 0 saturated heterocycles. The van der Waals surface area contributed by atoms with Gasteiger partial charge < -0.3 is 0 Å². The summed E-state index contributed by atoms with van der Waals surface area (Å²) in [5, 5.41) is 0. The van der Waals surface area contributed by atoms with Crippen molar-refractivity contribution in [1.29, 1.82) is 0 Å². The second kappa shape index (κ2) is 8.27. The Morgan fingerprint density at radius 3 is 1.33 bits per heavy atom. The van der Waals surface area contributed by atoms with Gasteiger partial charge in [0, 0.05) is 0 Å². The van der Waals surface area contributed by atoms with Crippen LogP contribution in [0.3, 0.4) is 0 Å². The minimum atomic E-state index is -4.09. The summed E-state index contributed by atoms with van der Waals surface area (Å²) in [5.41, 5.74) is 1.52. The lowest BCUT2D eigenvalue weighted by Gasteiger charge is -2.35. The fourth-order valence-corrected chi connectivity index (χ4v) is 5.12. The van der Waals surface area contributed by atoms with Crippen molar-refractivity contribution in [2.75, 3.05) is 0 Å². The fraction of sp³-hybridized carbons (Fsp3) is 0.0769. The quantitative estimate of drug-likeness (QED) is 0.301. The standard InChI is InChI=1S/C26H22O3S/c1-21-13-11-12-20-25(21)30(27,28)29-26(22-14-5-2-6-15-22,23-16-7-3-8-17-23)24-18-9-4-10-19-24/h2-20H,1H3. The Morgan fingerprint density at radius 2 is 0.933 bits per heavy atom. The lowest BCUT2D eigenvalue weighted by molar-refractivity contribution is 0.164. The topological polar surface area (TPSA) is 43.4 Å². The summed E-state index contributed by atoms with van der Waals surface area (Å²) in [4.78, 5) is 0.164. The molecule has 4 rings (SSSR count). The number of rotatable bonds is 6. The van der Waals surface area contributed by atoms with Gasteiger partial charge in [-0.25, -0.2) is 4.18 Å². The summed E-state index contributed by atoms with van der Waals surface area (Å²) in [6.45, 7) is 1.77. The predicted octanol–water partition coefficient (Wildman–Crippen LogP) is 5.69. The molecule has 0 atom stereocenters. The monoisotopic (exact) mass is 414 g/mol. The normalized spacial score (nSPS) is 11.9. The number of hydrogen-bond donors (Lipinski definition) is 0.